The molecule has 0 unspecified atom stereocenters. The quantitative estimate of drug-likeness (QED) is 0.102. The van der Waals surface area contributed by atoms with E-state index in [2.05, 4.69) is 0 Å². The summed E-state index contributed by atoms with van der Waals surface area (Å²) >= 11 is 0. The van der Waals surface area contributed by atoms with Gasteiger partial charge in [0.05, 0.1) is 32.0 Å². The van der Waals surface area contributed by atoms with Gasteiger partial charge in [-0.1, -0.05) is 82.7 Å². The molecule has 4 N–H and O–H groups in total. The van der Waals surface area contributed by atoms with Crippen LogP contribution in [0.4, 0.5) is 0 Å². The molecule has 2 bridgehead atoms. The number of fused-ring (bicyclic) bond motifs is 3. The zero-order valence-electron chi connectivity index (χ0n) is 46.1. The maximum Gasteiger partial charge on any atom is 0.329 e. The molecule has 2 saturated heterocycles. The van der Waals surface area contributed by atoms with E-state index in [0.29, 0.717) is 74.9 Å². The Labute approximate surface area is 444 Å². The number of piperidine rings is 1. The van der Waals surface area contributed by atoms with E-state index in [9.17, 15) is 44.4 Å². The third kappa shape index (κ3) is 16.0. The van der Waals surface area contributed by atoms with E-state index >= 15 is 0 Å². The zero-order valence-corrected chi connectivity index (χ0v) is 46.1. The molecule has 1 aromatic carbocycles. The molecule has 1 amide bonds. The van der Waals surface area contributed by atoms with E-state index in [4.69, 9.17) is 28.4 Å². The van der Waals surface area contributed by atoms with Crippen LogP contribution < -0.4 is 9.47 Å². The van der Waals surface area contributed by atoms with Crippen LogP contribution in [0.2, 0.25) is 0 Å². The SMILES string of the molecule is COc1cc(OCCO)ccc1[C@@H]1C[C@@H]2CC[C@@H](C)[C@@](O)(O2)C(=O)C(=O)N2CCCC[C@H]2C(=O)O[C@H]([C@H](C)C[C@@H]2CC[C@@H](O)[C@H](OC)C2)CC(=O)[C@H](C)/C=C(\C)[C@@H](O)[C@@H](OC)C(=O)[C@H](C)C[C@H](C)/C=C/C=C/C=C/1C. The fourth-order valence-corrected chi connectivity index (χ4v) is 11.5. The molecule has 0 spiro atoms. The third-order valence-corrected chi connectivity index (χ3v) is 16.2. The number of cyclic esters (lactones) is 1. The monoisotopic (exact) mass is 1050 g/mol. The van der Waals surface area contributed by atoms with Crippen LogP contribution >= 0.6 is 0 Å². The van der Waals surface area contributed by atoms with Crippen LogP contribution in [0.25, 0.3) is 0 Å². The van der Waals surface area contributed by atoms with Crippen molar-refractivity contribution in [2.45, 2.75) is 180 Å². The van der Waals surface area contributed by atoms with Crippen LogP contribution in [0.15, 0.2) is 65.8 Å². The average Bonchev–Trinajstić information content (AvgIpc) is 3.39. The van der Waals surface area contributed by atoms with Crippen LogP contribution in [-0.4, -0.2) is 144 Å². The summed E-state index contributed by atoms with van der Waals surface area (Å²) in [6, 6.07) is 4.21. The molecule has 15 atom stereocenters. The Hall–Kier alpha value is -4.55. The normalized spacial score (nSPS) is 36.5. The van der Waals surface area contributed by atoms with Gasteiger partial charge in [0.15, 0.2) is 5.78 Å². The fraction of sp³-hybridized carbons (Fsp3) is 0.678. The second-order valence-corrected chi connectivity index (χ2v) is 21.9. The van der Waals surface area contributed by atoms with Crippen molar-refractivity contribution < 1.29 is 72.8 Å². The van der Waals surface area contributed by atoms with Crippen LogP contribution in [0.5, 0.6) is 11.5 Å². The fourth-order valence-electron chi connectivity index (χ4n) is 11.5. The van der Waals surface area contributed by atoms with Crippen molar-refractivity contribution in [3.05, 3.63) is 71.4 Å². The molecule has 1 saturated carbocycles. The highest BCUT2D eigenvalue weighted by atomic mass is 16.6. The number of aliphatic hydroxyl groups is 4. The molecule has 0 radical (unpaired) electrons. The number of nitrogens with zero attached hydrogens (tertiary/aromatic N) is 1. The van der Waals surface area contributed by atoms with Crippen molar-refractivity contribution >= 4 is 29.2 Å². The third-order valence-electron chi connectivity index (χ3n) is 16.2. The molecule has 4 aliphatic rings. The molecule has 1 aliphatic carbocycles. The van der Waals surface area contributed by atoms with Gasteiger partial charge in [0.1, 0.15) is 48.2 Å². The van der Waals surface area contributed by atoms with Crippen molar-refractivity contribution in [2.24, 2.45) is 35.5 Å². The molecule has 3 fully saturated rings. The highest BCUT2D eigenvalue weighted by Crippen LogP contribution is 2.43. The summed E-state index contributed by atoms with van der Waals surface area (Å²) in [5, 5.41) is 43.8. The molecule has 16 heteroatoms. The first-order chi connectivity index (χ1) is 35.7. The average molecular weight is 1050 g/mol. The van der Waals surface area contributed by atoms with Gasteiger partial charge in [0, 0.05) is 62.5 Å². The van der Waals surface area contributed by atoms with Gasteiger partial charge in [-0.3, -0.25) is 19.2 Å². The van der Waals surface area contributed by atoms with Gasteiger partial charge in [0.2, 0.25) is 5.79 Å². The van der Waals surface area contributed by atoms with E-state index in [-0.39, 0.29) is 80.4 Å². The van der Waals surface area contributed by atoms with Crippen molar-refractivity contribution in [3.63, 3.8) is 0 Å². The van der Waals surface area contributed by atoms with Gasteiger partial charge < -0.3 is 53.7 Å². The minimum absolute atomic E-state index is 0.0299. The lowest BCUT2D eigenvalue weighted by Crippen LogP contribution is -2.60. The maximum atomic E-state index is 14.6. The Kier molecular flexibility index (Phi) is 23.5. The van der Waals surface area contributed by atoms with Crippen LogP contribution in [0.1, 0.15) is 137 Å². The number of esters is 1. The van der Waals surface area contributed by atoms with Crippen LogP contribution in [0, 0.1) is 35.5 Å². The number of allylic oxidation sites excluding steroid dienone is 7. The van der Waals surface area contributed by atoms with Gasteiger partial charge >= 0.3 is 5.97 Å². The standard InChI is InChI=1S/C59H87NO15/c1-35-16-12-11-13-17-36(2)46(45-23-22-43(73-27-26-61)33-51(45)70-8)32-44-21-19-41(7)59(69,75-44)56(66)57(67)60-25-15-14-18-47(60)58(68)74-50(38(4)30-42-20-24-48(62)52(31-42)71-9)34-49(63)37(3)29-40(6)54(65)55(72-10)53(64)39(5)28-35/h11-13,16-17,22-23,29,33,35,37-39,41-42,44,46-48,50,52,54-55,61-62,65,69H,14-15,18-21,24-28,30-32,34H2,1-10H3/b13-11+,16-12+,36-17+,40-29+/t35-,37-,38-,39-,41-,42+,44+,46-,47+,48-,50+,52-,54-,55+,59-/m1/s1. The Morgan fingerprint density at radius 3 is 2.31 bits per heavy atom. The van der Waals surface area contributed by atoms with Gasteiger partial charge in [-0.05, 0) is 114 Å². The molecule has 3 heterocycles. The second kappa shape index (κ2) is 28.7. The lowest BCUT2D eigenvalue weighted by atomic mass is 9.78. The predicted molar refractivity (Wildman–Crippen MR) is 283 cm³/mol. The maximum absolute atomic E-state index is 14.6. The summed E-state index contributed by atoms with van der Waals surface area (Å²) in [6.07, 6.45) is 11.1. The lowest BCUT2D eigenvalue weighted by molar-refractivity contribution is -0.264. The smallest absolute Gasteiger partial charge is 0.329 e. The van der Waals surface area contributed by atoms with Gasteiger partial charge in [-0.25, -0.2) is 4.79 Å². The summed E-state index contributed by atoms with van der Waals surface area (Å²) in [5.74, 6) is -7.76. The molecule has 1 aromatic rings. The number of aliphatic hydroxyl groups excluding tert-OH is 3. The van der Waals surface area contributed by atoms with Crippen molar-refractivity contribution in [1.82, 2.24) is 4.90 Å². The lowest BCUT2D eigenvalue weighted by Gasteiger charge is -2.43. The summed E-state index contributed by atoms with van der Waals surface area (Å²) in [5.41, 5.74) is 2.05. The van der Waals surface area contributed by atoms with E-state index in [1.54, 1.807) is 53.2 Å². The Morgan fingerprint density at radius 2 is 1.61 bits per heavy atom. The van der Waals surface area contributed by atoms with Gasteiger partial charge in [-0.2, -0.15) is 0 Å². The van der Waals surface area contributed by atoms with E-state index in [0.717, 1.165) is 11.1 Å². The molecule has 5 rings (SSSR count). The number of ether oxygens (including phenoxy) is 6. The van der Waals surface area contributed by atoms with Crippen molar-refractivity contribution in [3.8, 4) is 11.5 Å². The Bertz CT molecular complexity index is 2220. The first-order valence-corrected chi connectivity index (χ1v) is 27.2. The summed E-state index contributed by atoms with van der Waals surface area (Å²) in [7, 11) is 4.48. The molecule has 3 aliphatic heterocycles. The number of benzene rings is 1. The molecule has 75 heavy (non-hydrogen) atoms. The first kappa shape index (κ1) is 61.3. The molecular weight excluding hydrogens is 963 g/mol. The number of hydrogen-bond acceptors (Lipinski definition) is 15. The second-order valence-electron chi connectivity index (χ2n) is 21.9. The number of hydrogen-bond donors (Lipinski definition) is 4. The number of ketones is 3. The molecule has 418 valence electrons. The van der Waals surface area contributed by atoms with Crippen molar-refractivity contribution in [1.29, 1.82) is 0 Å². The number of carbonyl (C=O) groups is 5. The number of Topliss-reactive ketones (excluding diaryl/α,β-unsaturated/α-hetero) is 3. The molecule has 16 nitrogen and oxygen atoms in total. The number of methoxy groups -OCH3 is 3. The Balaban J connectivity index is 1.54. The minimum Gasteiger partial charge on any atom is -0.496 e. The number of carbonyl (C=O) groups excluding carboxylic acids is 5. The zero-order chi connectivity index (χ0) is 55.1. The minimum atomic E-state index is -2.51. The number of amides is 1. The largest absolute Gasteiger partial charge is 0.496 e. The van der Waals surface area contributed by atoms with Gasteiger partial charge in [-0.15, -0.1) is 0 Å². The Morgan fingerprint density at radius 1 is 0.867 bits per heavy atom. The van der Waals surface area contributed by atoms with Crippen LogP contribution in [0.3, 0.4) is 0 Å². The summed E-state index contributed by atoms with van der Waals surface area (Å²) in [6.45, 7) is 12.6. The summed E-state index contributed by atoms with van der Waals surface area (Å²) < 4.78 is 35.5. The first-order valence-electron chi connectivity index (χ1n) is 27.2. The topological polar surface area (TPSA) is 225 Å². The highest BCUT2D eigenvalue weighted by molar-refractivity contribution is 6.39. The highest BCUT2D eigenvalue weighted by Gasteiger charge is 2.53. The van der Waals surface area contributed by atoms with E-state index in [1.165, 1.54) is 12.0 Å². The molecular formula is C59H87NO15. The van der Waals surface area contributed by atoms with Crippen LogP contribution in [-0.2, 0) is 42.9 Å². The van der Waals surface area contributed by atoms with E-state index < -0.39 is 77.8 Å². The molecule has 0 aromatic heterocycles. The predicted octanol–water partition coefficient (Wildman–Crippen LogP) is 7.33. The summed E-state index contributed by atoms with van der Waals surface area (Å²) in [4.78, 5) is 73.0. The van der Waals surface area contributed by atoms with Gasteiger partial charge in [0.25, 0.3) is 11.7 Å². The van der Waals surface area contributed by atoms with E-state index in [1.807, 2.05) is 64.1 Å². The van der Waals surface area contributed by atoms with Crippen molar-refractivity contribution in [2.75, 3.05) is 41.1 Å². The number of rotatable bonds is 10.